The van der Waals surface area contributed by atoms with Gasteiger partial charge in [-0.1, -0.05) is 12.1 Å². The molecule has 0 saturated heterocycles. The predicted octanol–water partition coefficient (Wildman–Crippen LogP) is 4.48. The molecular weight excluding hydrogens is 387 g/mol. The number of aromatic amines is 1. The molecular formula is C19H12F3N5O2. The van der Waals surface area contributed by atoms with Gasteiger partial charge in [-0.15, -0.1) is 0 Å². The van der Waals surface area contributed by atoms with Gasteiger partial charge in [0.1, 0.15) is 17.5 Å². The summed E-state index contributed by atoms with van der Waals surface area (Å²) < 4.78 is 38.8. The van der Waals surface area contributed by atoms with Crippen LogP contribution in [0.5, 0.6) is 0 Å². The van der Waals surface area contributed by atoms with Gasteiger partial charge in [0.05, 0.1) is 28.4 Å². The number of fused-ring (bicyclic) bond motifs is 1. The Labute approximate surface area is 161 Å². The maximum Gasteiger partial charge on any atom is 0.416 e. The van der Waals surface area contributed by atoms with Crippen LogP contribution < -0.4 is 5.32 Å². The van der Waals surface area contributed by atoms with Gasteiger partial charge in [0.25, 0.3) is 0 Å². The van der Waals surface area contributed by atoms with Crippen molar-refractivity contribution in [1.82, 2.24) is 19.9 Å². The highest BCUT2D eigenvalue weighted by Gasteiger charge is 2.30. The van der Waals surface area contributed by atoms with E-state index in [1.807, 2.05) is 0 Å². The lowest BCUT2D eigenvalue weighted by Gasteiger charge is -2.07. The van der Waals surface area contributed by atoms with E-state index in [-0.39, 0.29) is 17.2 Å². The number of carbonyl (C=O) groups is 1. The van der Waals surface area contributed by atoms with Crippen LogP contribution in [0.2, 0.25) is 0 Å². The minimum Gasteiger partial charge on any atom is -0.478 e. The highest BCUT2D eigenvalue weighted by molar-refractivity contribution is 5.88. The van der Waals surface area contributed by atoms with Gasteiger partial charge in [-0.05, 0) is 24.3 Å². The number of alkyl halides is 3. The standard InChI is InChI=1S/C19H12F3N5O2/c20-19(21,22)12-3-1-2-10(6-12)17-25-13-8-16(24-9-14(13)26-17)27-15-7-11(18(28)29)4-5-23-15/h1-9H,(H,25,26)(H,28,29)(H,23,24,27). The molecule has 10 heteroatoms. The summed E-state index contributed by atoms with van der Waals surface area (Å²) in [4.78, 5) is 26.6. The minimum absolute atomic E-state index is 0.0650. The Balaban J connectivity index is 1.65. The minimum atomic E-state index is -4.45. The number of benzene rings is 1. The first-order valence-corrected chi connectivity index (χ1v) is 8.29. The number of aromatic nitrogens is 4. The summed E-state index contributed by atoms with van der Waals surface area (Å²) in [6.45, 7) is 0. The summed E-state index contributed by atoms with van der Waals surface area (Å²) in [5.41, 5.74) is 0.608. The highest BCUT2D eigenvalue weighted by Crippen LogP contribution is 2.32. The summed E-state index contributed by atoms with van der Waals surface area (Å²) in [6, 6.07) is 9.15. The van der Waals surface area contributed by atoms with Crippen LogP contribution in [0.4, 0.5) is 24.8 Å². The Kier molecular flexibility index (Phi) is 4.38. The lowest BCUT2D eigenvalue weighted by Crippen LogP contribution is -2.04. The fourth-order valence-electron chi connectivity index (χ4n) is 2.72. The van der Waals surface area contributed by atoms with Gasteiger partial charge >= 0.3 is 12.1 Å². The number of H-pyrrole nitrogens is 1. The van der Waals surface area contributed by atoms with Gasteiger partial charge in [-0.25, -0.2) is 19.7 Å². The van der Waals surface area contributed by atoms with Gasteiger partial charge in [-0.3, -0.25) is 0 Å². The maximum atomic E-state index is 12.9. The van der Waals surface area contributed by atoms with Crippen LogP contribution in [0.15, 0.2) is 54.9 Å². The second-order valence-corrected chi connectivity index (χ2v) is 6.11. The molecule has 7 nitrogen and oxygen atoms in total. The van der Waals surface area contributed by atoms with E-state index in [1.165, 1.54) is 36.7 Å². The summed E-state index contributed by atoms with van der Waals surface area (Å²) in [7, 11) is 0. The quantitative estimate of drug-likeness (QED) is 0.467. The number of aromatic carboxylic acids is 1. The first-order chi connectivity index (χ1) is 13.8. The van der Waals surface area contributed by atoms with Crippen LogP contribution >= 0.6 is 0 Å². The molecule has 146 valence electrons. The van der Waals surface area contributed by atoms with E-state index < -0.39 is 17.7 Å². The van der Waals surface area contributed by atoms with Crippen LogP contribution in [0.25, 0.3) is 22.4 Å². The molecule has 3 heterocycles. The molecule has 0 aliphatic rings. The van der Waals surface area contributed by atoms with Crippen LogP contribution in [0.1, 0.15) is 15.9 Å². The van der Waals surface area contributed by atoms with Crippen molar-refractivity contribution in [1.29, 1.82) is 0 Å². The number of hydrogen-bond donors (Lipinski definition) is 3. The van der Waals surface area contributed by atoms with E-state index in [0.29, 0.717) is 22.4 Å². The van der Waals surface area contributed by atoms with E-state index in [2.05, 4.69) is 25.3 Å². The highest BCUT2D eigenvalue weighted by atomic mass is 19.4. The average molecular weight is 399 g/mol. The van der Waals surface area contributed by atoms with Gasteiger partial charge in [-0.2, -0.15) is 13.2 Å². The number of hydrogen-bond acceptors (Lipinski definition) is 5. The molecule has 0 aliphatic heterocycles. The zero-order valence-electron chi connectivity index (χ0n) is 14.5. The SMILES string of the molecule is O=C(O)c1ccnc(Nc2cc3nc(-c4cccc(C(F)(F)F)c4)[nH]c3cn2)c1. The van der Waals surface area contributed by atoms with Crippen molar-refractivity contribution in [2.75, 3.05) is 5.32 Å². The zero-order chi connectivity index (χ0) is 20.6. The summed E-state index contributed by atoms with van der Waals surface area (Å²) >= 11 is 0. The van der Waals surface area contributed by atoms with Gasteiger partial charge in [0, 0.05) is 17.8 Å². The fourth-order valence-corrected chi connectivity index (χ4v) is 2.72. The van der Waals surface area contributed by atoms with E-state index in [9.17, 15) is 18.0 Å². The Hall–Kier alpha value is -3.95. The normalized spacial score (nSPS) is 11.6. The van der Waals surface area contributed by atoms with Gasteiger partial charge < -0.3 is 15.4 Å². The monoisotopic (exact) mass is 399 g/mol. The Bertz CT molecular complexity index is 1220. The van der Waals surface area contributed by atoms with Crippen molar-refractivity contribution < 1.29 is 23.1 Å². The van der Waals surface area contributed by atoms with E-state index >= 15 is 0 Å². The van der Waals surface area contributed by atoms with Crippen LogP contribution in [-0.2, 0) is 6.18 Å². The third-order valence-electron chi connectivity index (χ3n) is 4.09. The topological polar surface area (TPSA) is 104 Å². The molecule has 3 aromatic heterocycles. The number of pyridine rings is 2. The Morgan fingerprint density at radius 1 is 1.07 bits per heavy atom. The van der Waals surface area contributed by atoms with Crippen molar-refractivity contribution in [2.45, 2.75) is 6.18 Å². The smallest absolute Gasteiger partial charge is 0.416 e. The van der Waals surface area contributed by atoms with Crippen molar-refractivity contribution >= 4 is 28.6 Å². The number of rotatable bonds is 4. The molecule has 0 radical (unpaired) electrons. The molecule has 0 spiro atoms. The second kappa shape index (κ2) is 6.89. The number of carboxylic acid groups (broad SMARTS) is 1. The largest absolute Gasteiger partial charge is 0.478 e. The molecule has 29 heavy (non-hydrogen) atoms. The maximum absolute atomic E-state index is 12.9. The molecule has 0 unspecified atom stereocenters. The lowest BCUT2D eigenvalue weighted by atomic mass is 10.1. The number of imidazole rings is 1. The number of halogens is 3. The third-order valence-corrected chi connectivity index (χ3v) is 4.09. The Morgan fingerprint density at radius 2 is 1.86 bits per heavy atom. The van der Waals surface area contributed by atoms with E-state index in [1.54, 1.807) is 6.07 Å². The summed E-state index contributed by atoms with van der Waals surface area (Å²) in [5, 5.41) is 11.9. The molecule has 4 aromatic rings. The number of nitrogens with one attached hydrogen (secondary N) is 2. The first kappa shape index (κ1) is 18.4. The third kappa shape index (κ3) is 3.86. The van der Waals surface area contributed by atoms with E-state index in [4.69, 9.17) is 5.11 Å². The molecule has 0 aliphatic carbocycles. The number of nitrogens with zero attached hydrogens (tertiary/aromatic N) is 3. The molecule has 4 rings (SSSR count). The molecule has 0 saturated carbocycles. The van der Waals surface area contributed by atoms with Gasteiger partial charge in [0.15, 0.2) is 0 Å². The molecule has 3 N–H and O–H groups in total. The van der Waals surface area contributed by atoms with Crippen LogP contribution in [0.3, 0.4) is 0 Å². The molecule has 0 fully saturated rings. The fraction of sp³-hybridized carbons (Fsp3) is 0.0526. The molecule has 0 bridgehead atoms. The number of carboxylic acids is 1. The Morgan fingerprint density at radius 3 is 2.62 bits per heavy atom. The van der Waals surface area contributed by atoms with Crippen molar-refractivity contribution in [3.63, 3.8) is 0 Å². The van der Waals surface area contributed by atoms with Crippen molar-refractivity contribution in [3.8, 4) is 11.4 Å². The van der Waals surface area contributed by atoms with Crippen LogP contribution in [0, 0.1) is 0 Å². The summed E-state index contributed by atoms with van der Waals surface area (Å²) in [6.07, 6.45) is -1.62. The summed E-state index contributed by atoms with van der Waals surface area (Å²) in [5.74, 6) is -0.173. The van der Waals surface area contributed by atoms with Crippen molar-refractivity contribution in [2.24, 2.45) is 0 Å². The molecule has 0 atom stereocenters. The van der Waals surface area contributed by atoms with E-state index in [0.717, 1.165) is 12.1 Å². The predicted molar refractivity (Wildman–Crippen MR) is 98.8 cm³/mol. The molecule has 0 amide bonds. The van der Waals surface area contributed by atoms with Crippen LogP contribution in [-0.4, -0.2) is 31.0 Å². The van der Waals surface area contributed by atoms with Gasteiger partial charge in [0.2, 0.25) is 0 Å². The zero-order valence-corrected chi connectivity index (χ0v) is 14.5. The second-order valence-electron chi connectivity index (χ2n) is 6.11. The average Bonchev–Trinajstić information content (AvgIpc) is 3.11. The molecule has 1 aromatic carbocycles. The number of anilines is 2. The lowest BCUT2D eigenvalue weighted by molar-refractivity contribution is -0.137. The first-order valence-electron chi connectivity index (χ1n) is 8.29. The van der Waals surface area contributed by atoms with Crippen molar-refractivity contribution in [3.05, 3.63) is 66.0 Å².